The van der Waals surface area contributed by atoms with Crippen molar-refractivity contribution in [3.05, 3.63) is 69.3 Å². The molecule has 33 heavy (non-hydrogen) atoms. The fourth-order valence-electron chi connectivity index (χ4n) is 3.23. The minimum absolute atomic E-state index is 0.175. The molecule has 3 amide bonds. The van der Waals surface area contributed by atoms with Gasteiger partial charge in [0.2, 0.25) is 5.91 Å². The van der Waals surface area contributed by atoms with E-state index in [9.17, 15) is 14.4 Å². The second-order valence-electron chi connectivity index (χ2n) is 7.00. The average molecular weight is 489 g/mol. The Bertz CT molecular complexity index is 1220. The number of fused-ring (bicyclic) bond motifs is 1. The van der Waals surface area contributed by atoms with E-state index in [-0.39, 0.29) is 12.3 Å². The monoisotopic (exact) mass is 488 g/mol. The summed E-state index contributed by atoms with van der Waals surface area (Å²) in [6, 6.07) is 9.81. The van der Waals surface area contributed by atoms with Crippen LogP contribution >= 0.6 is 23.2 Å². The first-order valence-electron chi connectivity index (χ1n) is 10.1. The Morgan fingerprint density at radius 1 is 1.15 bits per heavy atom. The Kier molecular flexibility index (Phi) is 7.97. The highest BCUT2D eigenvalue weighted by atomic mass is 35.5. The Hall–Kier alpha value is -3.49. The van der Waals surface area contributed by atoms with Gasteiger partial charge in [0.1, 0.15) is 5.69 Å². The van der Waals surface area contributed by atoms with E-state index in [4.69, 9.17) is 33.7 Å². The summed E-state index contributed by atoms with van der Waals surface area (Å²) in [5.74, 6) is -0.963. The molecule has 0 bridgehead atoms. The van der Waals surface area contributed by atoms with Crippen LogP contribution in [0.15, 0.2) is 42.5 Å². The number of aromatic amines is 1. The van der Waals surface area contributed by atoms with Gasteiger partial charge in [0.15, 0.2) is 0 Å². The number of amides is 3. The first kappa shape index (κ1) is 24.2. The fraction of sp³-hybridized carbons (Fsp3) is 0.174. The molecule has 0 aliphatic rings. The van der Waals surface area contributed by atoms with Gasteiger partial charge in [-0.05, 0) is 49.2 Å². The average Bonchev–Trinajstić information content (AvgIpc) is 3.12. The van der Waals surface area contributed by atoms with Gasteiger partial charge in [-0.1, -0.05) is 35.3 Å². The highest BCUT2D eigenvalue weighted by Crippen LogP contribution is 2.33. The summed E-state index contributed by atoms with van der Waals surface area (Å²) in [6.07, 6.45) is 3.42. The van der Waals surface area contributed by atoms with Gasteiger partial charge in [-0.2, -0.15) is 0 Å². The molecule has 172 valence electrons. The van der Waals surface area contributed by atoms with E-state index < -0.39 is 17.9 Å². The van der Waals surface area contributed by atoms with Crippen LogP contribution in [0.2, 0.25) is 10.0 Å². The fourth-order valence-corrected chi connectivity index (χ4v) is 3.83. The van der Waals surface area contributed by atoms with Gasteiger partial charge < -0.3 is 26.1 Å². The minimum atomic E-state index is -0.573. The zero-order valence-electron chi connectivity index (χ0n) is 17.7. The predicted octanol–water partition coefficient (Wildman–Crippen LogP) is 4.51. The van der Waals surface area contributed by atoms with E-state index in [0.717, 1.165) is 5.56 Å². The number of rotatable bonds is 8. The minimum Gasteiger partial charge on any atom is -0.461 e. The molecule has 0 radical (unpaired) electrons. The van der Waals surface area contributed by atoms with Crippen LogP contribution in [0.3, 0.4) is 0 Å². The number of carbonyl (C=O) groups excluding carboxylic acids is 3. The zero-order valence-corrected chi connectivity index (χ0v) is 19.2. The Labute approximate surface area is 200 Å². The molecule has 3 aromatic rings. The molecule has 0 aliphatic heterocycles. The number of primary amides is 1. The maximum Gasteiger partial charge on any atom is 0.355 e. The van der Waals surface area contributed by atoms with Gasteiger partial charge in [-0.3, -0.25) is 4.79 Å². The molecule has 2 aromatic carbocycles. The Morgan fingerprint density at radius 2 is 1.88 bits per heavy atom. The van der Waals surface area contributed by atoms with Crippen LogP contribution < -0.4 is 16.4 Å². The molecular formula is C23H22Cl2N4O4. The second kappa shape index (κ2) is 10.9. The number of anilines is 1. The van der Waals surface area contributed by atoms with Gasteiger partial charge in [0, 0.05) is 39.8 Å². The van der Waals surface area contributed by atoms with Crippen molar-refractivity contribution in [3.63, 3.8) is 0 Å². The highest BCUT2D eigenvalue weighted by molar-refractivity contribution is 6.39. The van der Waals surface area contributed by atoms with Gasteiger partial charge in [-0.25, -0.2) is 9.59 Å². The van der Waals surface area contributed by atoms with Crippen molar-refractivity contribution in [2.75, 3.05) is 18.5 Å². The summed E-state index contributed by atoms with van der Waals surface area (Å²) >= 11 is 12.4. The molecule has 5 N–H and O–H groups in total. The van der Waals surface area contributed by atoms with Crippen molar-refractivity contribution >= 4 is 63.8 Å². The molecule has 10 heteroatoms. The Morgan fingerprint density at radius 3 is 2.55 bits per heavy atom. The number of nitrogens with two attached hydrogens (primary N) is 1. The van der Waals surface area contributed by atoms with Crippen LogP contribution in [0, 0.1) is 0 Å². The number of nitrogens with one attached hydrogen (secondary N) is 3. The van der Waals surface area contributed by atoms with Gasteiger partial charge in [0.05, 0.1) is 11.6 Å². The topological polar surface area (TPSA) is 126 Å². The number of hydrogen-bond donors (Lipinski definition) is 4. The normalized spacial score (nSPS) is 11.0. The molecular weight excluding hydrogens is 467 g/mol. The van der Waals surface area contributed by atoms with Crippen molar-refractivity contribution in [1.82, 2.24) is 10.3 Å². The second-order valence-corrected chi connectivity index (χ2v) is 7.85. The van der Waals surface area contributed by atoms with Crippen molar-refractivity contribution in [2.24, 2.45) is 5.73 Å². The molecule has 0 unspecified atom stereocenters. The largest absolute Gasteiger partial charge is 0.461 e. The number of aromatic nitrogens is 1. The Balaban J connectivity index is 1.77. The third-order valence-corrected chi connectivity index (χ3v) is 5.18. The SMILES string of the molecule is CCOC(=O)c1[nH]c2cc(Cl)cc(Cl)c2c1/C=C/C(=O)Nc1ccc(CCNC(N)=O)cc1. The van der Waals surface area contributed by atoms with Gasteiger partial charge in [0.25, 0.3) is 0 Å². The van der Waals surface area contributed by atoms with Crippen molar-refractivity contribution in [3.8, 4) is 0 Å². The molecule has 1 heterocycles. The zero-order chi connectivity index (χ0) is 24.0. The molecule has 0 saturated carbocycles. The summed E-state index contributed by atoms with van der Waals surface area (Å²) in [5.41, 5.74) is 7.76. The smallest absolute Gasteiger partial charge is 0.355 e. The number of ether oxygens (including phenoxy) is 1. The summed E-state index contributed by atoms with van der Waals surface area (Å²) in [4.78, 5) is 38.6. The molecule has 3 rings (SSSR count). The number of benzene rings is 2. The van der Waals surface area contributed by atoms with Crippen LogP contribution in [0.25, 0.3) is 17.0 Å². The van der Waals surface area contributed by atoms with E-state index >= 15 is 0 Å². The van der Waals surface area contributed by atoms with Crippen molar-refractivity contribution in [2.45, 2.75) is 13.3 Å². The summed E-state index contributed by atoms with van der Waals surface area (Å²) in [7, 11) is 0. The number of H-pyrrole nitrogens is 1. The third-order valence-electron chi connectivity index (χ3n) is 4.67. The number of hydrogen-bond acceptors (Lipinski definition) is 4. The molecule has 0 fully saturated rings. The quantitative estimate of drug-likeness (QED) is 0.274. The first-order chi connectivity index (χ1) is 15.8. The summed E-state index contributed by atoms with van der Waals surface area (Å²) in [5, 5.41) is 6.58. The lowest BCUT2D eigenvalue weighted by molar-refractivity contribution is -0.111. The molecule has 0 aliphatic carbocycles. The number of esters is 1. The molecule has 0 saturated heterocycles. The van der Waals surface area contributed by atoms with Crippen LogP contribution in [0.1, 0.15) is 28.5 Å². The summed E-state index contributed by atoms with van der Waals surface area (Å²) in [6.45, 7) is 2.32. The standard InChI is InChI=1S/C23H22Cl2N4O4/c1-2-33-22(31)21-16(20-17(25)11-14(24)12-18(20)29-21)7-8-19(30)28-15-5-3-13(4-6-15)9-10-27-23(26)32/h3-8,11-12,29H,2,9-10H2,1H3,(H,28,30)(H3,26,27,32)/b8-7+. The van der Waals surface area contributed by atoms with E-state index in [1.165, 1.54) is 12.2 Å². The van der Waals surface area contributed by atoms with Crippen LogP contribution in [-0.4, -0.2) is 36.0 Å². The lowest BCUT2D eigenvalue weighted by atomic mass is 10.1. The molecule has 0 spiro atoms. The van der Waals surface area contributed by atoms with Crippen molar-refractivity contribution in [1.29, 1.82) is 0 Å². The lowest BCUT2D eigenvalue weighted by Crippen LogP contribution is -2.30. The molecule has 8 nitrogen and oxygen atoms in total. The van der Waals surface area contributed by atoms with E-state index in [1.807, 2.05) is 12.1 Å². The number of carbonyl (C=O) groups is 3. The van der Waals surface area contributed by atoms with Crippen LogP contribution in [-0.2, 0) is 16.0 Å². The van der Waals surface area contributed by atoms with Crippen LogP contribution in [0.4, 0.5) is 10.5 Å². The van der Waals surface area contributed by atoms with Crippen molar-refractivity contribution < 1.29 is 19.1 Å². The number of urea groups is 1. The maximum absolute atomic E-state index is 12.5. The van der Waals surface area contributed by atoms with Gasteiger partial charge >= 0.3 is 12.0 Å². The summed E-state index contributed by atoms with van der Waals surface area (Å²) < 4.78 is 5.11. The predicted molar refractivity (Wildman–Crippen MR) is 130 cm³/mol. The lowest BCUT2D eigenvalue weighted by Gasteiger charge is -2.06. The molecule has 1 aromatic heterocycles. The highest BCUT2D eigenvalue weighted by Gasteiger charge is 2.20. The number of halogens is 2. The van der Waals surface area contributed by atoms with E-state index in [0.29, 0.717) is 45.2 Å². The first-order valence-corrected chi connectivity index (χ1v) is 10.8. The maximum atomic E-state index is 12.5. The van der Waals surface area contributed by atoms with E-state index in [2.05, 4.69) is 15.6 Å². The van der Waals surface area contributed by atoms with Gasteiger partial charge in [-0.15, -0.1) is 0 Å². The van der Waals surface area contributed by atoms with E-state index in [1.54, 1.807) is 31.2 Å². The third kappa shape index (κ3) is 6.27. The molecule has 0 atom stereocenters. The van der Waals surface area contributed by atoms with Crippen LogP contribution in [0.5, 0.6) is 0 Å².